The lowest BCUT2D eigenvalue weighted by Crippen LogP contribution is -2.43. The minimum atomic E-state index is -0.533. The number of carbonyl (C=O) groups excluding carboxylic acids is 2. The molecule has 3 unspecified atom stereocenters. The van der Waals surface area contributed by atoms with Crippen molar-refractivity contribution in [2.45, 2.75) is 44.7 Å². The lowest BCUT2D eigenvalue weighted by atomic mass is 10.1. The Balaban J connectivity index is 2.46. The fraction of sp³-hybridized carbons (Fsp3) is 0.818. The summed E-state index contributed by atoms with van der Waals surface area (Å²) in [5.41, 5.74) is 5.74. The predicted octanol–water partition coefficient (Wildman–Crippen LogP) is 0.182. The molecule has 0 aromatic heterocycles. The number of methoxy groups -OCH3 is 1. The minimum absolute atomic E-state index is 0.0475. The molecule has 1 fully saturated rings. The van der Waals surface area contributed by atoms with E-state index in [2.05, 4.69) is 10.1 Å². The zero-order valence-corrected chi connectivity index (χ0v) is 9.86. The quantitative estimate of drug-likeness (QED) is 0.673. The summed E-state index contributed by atoms with van der Waals surface area (Å²) >= 11 is 0. The Morgan fingerprint density at radius 3 is 2.62 bits per heavy atom. The van der Waals surface area contributed by atoms with Crippen LogP contribution < -0.4 is 11.1 Å². The molecule has 5 nitrogen and oxygen atoms in total. The van der Waals surface area contributed by atoms with E-state index in [1.54, 1.807) is 0 Å². The van der Waals surface area contributed by atoms with E-state index in [4.69, 9.17) is 5.73 Å². The summed E-state index contributed by atoms with van der Waals surface area (Å²) in [6.07, 6.45) is 2.94. The van der Waals surface area contributed by atoms with E-state index in [-0.39, 0.29) is 17.9 Å². The molecule has 1 saturated carbocycles. The molecule has 1 amide bonds. The van der Waals surface area contributed by atoms with Crippen molar-refractivity contribution < 1.29 is 14.3 Å². The molecular weight excluding hydrogens is 208 g/mol. The molecule has 92 valence electrons. The molecule has 0 radical (unpaired) electrons. The van der Waals surface area contributed by atoms with Gasteiger partial charge in [0, 0.05) is 12.0 Å². The van der Waals surface area contributed by atoms with Crippen molar-refractivity contribution in [2.75, 3.05) is 7.11 Å². The van der Waals surface area contributed by atoms with Crippen LogP contribution in [-0.2, 0) is 14.3 Å². The molecule has 3 N–H and O–H groups in total. The van der Waals surface area contributed by atoms with E-state index in [1.807, 2.05) is 6.92 Å². The molecular formula is C11H20N2O3. The summed E-state index contributed by atoms with van der Waals surface area (Å²) in [6, 6.07) is -0.414. The van der Waals surface area contributed by atoms with Crippen LogP contribution in [0.3, 0.4) is 0 Å². The molecule has 0 aromatic carbocycles. The van der Waals surface area contributed by atoms with Gasteiger partial charge in [-0.05, 0) is 25.7 Å². The summed E-state index contributed by atoms with van der Waals surface area (Å²) in [6.45, 7) is 1.84. The van der Waals surface area contributed by atoms with E-state index in [0.29, 0.717) is 12.8 Å². The van der Waals surface area contributed by atoms with Gasteiger partial charge in [-0.2, -0.15) is 0 Å². The molecule has 0 aliphatic heterocycles. The number of amides is 1. The first-order valence-electron chi connectivity index (χ1n) is 5.72. The first-order chi connectivity index (χ1) is 7.58. The number of ether oxygens (including phenoxy) is 1. The molecule has 16 heavy (non-hydrogen) atoms. The third kappa shape index (κ3) is 3.20. The van der Waals surface area contributed by atoms with Crippen molar-refractivity contribution >= 4 is 11.9 Å². The van der Waals surface area contributed by atoms with Gasteiger partial charge in [-0.25, -0.2) is 4.79 Å². The first-order valence-corrected chi connectivity index (χ1v) is 5.72. The fourth-order valence-electron chi connectivity index (χ4n) is 2.01. The van der Waals surface area contributed by atoms with Crippen molar-refractivity contribution in [3.05, 3.63) is 0 Å². The van der Waals surface area contributed by atoms with Gasteiger partial charge in [-0.3, -0.25) is 4.79 Å². The predicted molar refractivity (Wildman–Crippen MR) is 59.6 cm³/mol. The molecule has 0 saturated heterocycles. The van der Waals surface area contributed by atoms with Crippen LogP contribution in [-0.4, -0.2) is 31.1 Å². The number of carbonyl (C=O) groups is 2. The third-order valence-corrected chi connectivity index (χ3v) is 3.05. The molecule has 0 spiro atoms. The van der Waals surface area contributed by atoms with E-state index < -0.39 is 12.0 Å². The Morgan fingerprint density at radius 1 is 1.50 bits per heavy atom. The Labute approximate surface area is 95.7 Å². The van der Waals surface area contributed by atoms with Crippen LogP contribution in [0.4, 0.5) is 0 Å². The smallest absolute Gasteiger partial charge is 0.328 e. The van der Waals surface area contributed by atoms with Gasteiger partial charge in [-0.1, -0.05) is 6.92 Å². The highest BCUT2D eigenvalue weighted by atomic mass is 16.5. The van der Waals surface area contributed by atoms with E-state index in [0.717, 1.165) is 12.8 Å². The zero-order valence-electron chi connectivity index (χ0n) is 9.86. The summed E-state index contributed by atoms with van der Waals surface area (Å²) in [7, 11) is 1.32. The monoisotopic (exact) mass is 228 g/mol. The highest BCUT2D eigenvalue weighted by Crippen LogP contribution is 2.24. The Kier molecular flexibility index (Phi) is 4.73. The molecule has 1 aliphatic rings. The lowest BCUT2D eigenvalue weighted by molar-refractivity contribution is -0.145. The van der Waals surface area contributed by atoms with Gasteiger partial charge >= 0.3 is 5.97 Å². The van der Waals surface area contributed by atoms with Crippen LogP contribution in [0.15, 0.2) is 0 Å². The van der Waals surface area contributed by atoms with E-state index >= 15 is 0 Å². The maximum absolute atomic E-state index is 11.8. The van der Waals surface area contributed by atoms with Crippen molar-refractivity contribution in [2.24, 2.45) is 11.7 Å². The molecule has 1 aliphatic carbocycles. The van der Waals surface area contributed by atoms with Crippen LogP contribution in [0, 0.1) is 5.92 Å². The maximum Gasteiger partial charge on any atom is 0.328 e. The third-order valence-electron chi connectivity index (χ3n) is 3.05. The lowest BCUT2D eigenvalue weighted by Gasteiger charge is -2.17. The number of rotatable bonds is 4. The molecule has 0 heterocycles. The maximum atomic E-state index is 11.8. The number of hydrogen-bond donors (Lipinski definition) is 2. The molecule has 0 bridgehead atoms. The zero-order chi connectivity index (χ0) is 12.1. The largest absolute Gasteiger partial charge is 0.467 e. The summed E-state index contributed by atoms with van der Waals surface area (Å²) in [5.74, 6) is -0.517. The molecule has 3 atom stereocenters. The highest BCUT2D eigenvalue weighted by Gasteiger charge is 2.30. The van der Waals surface area contributed by atoms with E-state index in [9.17, 15) is 9.59 Å². The van der Waals surface area contributed by atoms with Crippen LogP contribution in [0.2, 0.25) is 0 Å². The molecule has 5 heteroatoms. The summed E-state index contributed by atoms with van der Waals surface area (Å²) < 4.78 is 4.61. The number of esters is 1. The van der Waals surface area contributed by atoms with Crippen molar-refractivity contribution in [1.29, 1.82) is 0 Å². The van der Waals surface area contributed by atoms with Crippen molar-refractivity contribution in [1.82, 2.24) is 5.32 Å². The van der Waals surface area contributed by atoms with Gasteiger partial charge in [0.2, 0.25) is 5.91 Å². The second kappa shape index (κ2) is 5.84. The van der Waals surface area contributed by atoms with Crippen molar-refractivity contribution in [3.63, 3.8) is 0 Å². The van der Waals surface area contributed by atoms with Gasteiger partial charge in [-0.15, -0.1) is 0 Å². The average Bonchev–Trinajstić information content (AvgIpc) is 2.71. The summed E-state index contributed by atoms with van der Waals surface area (Å²) in [5, 5.41) is 2.71. The standard InChI is InChI=1S/C11H20N2O3/c1-3-9(11(15)16-2)13-10(14)7-4-5-8(12)6-7/h7-9H,3-6,12H2,1-2H3,(H,13,14). The topological polar surface area (TPSA) is 81.4 Å². The van der Waals surface area contributed by atoms with Crippen LogP contribution in [0.5, 0.6) is 0 Å². The van der Waals surface area contributed by atoms with Gasteiger partial charge in [0.05, 0.1) is 7.11 Å². The summed E-state index contributed by atoms with van der Waals surface area (Å²) in [4.78, 5) is 23.1. The Hall–Kier alpha value is -1.10. The second-order valence-electron chi connectivity index (χ2n) is 4.26. The van der Waals surface area contributed by atoms with Gasteiger partial charge in [0.1, 0.15) is 6.04 Å². The fourth-order valence-corrected chi connectivity index (χ4v) is 2.01. The number of nitrogens with one attached hydrogen (secondary N) is 1. The van der Waals surface area contributed by atoms with Gasteiger partial charge in [0.25, 0.3) is 0 Å². The number of nitrogens with two attached hydrogens (primary N) is 1. The Morgan fingerprint density at radius 2 is 2.19 bits per heavy atom. The molecule has 0 aromatic rings. The first kappa shape index (κ1) is 13.0. The molecule has 1 rings (SSSR count). The second-order valence-corrected chi connectivity index (χ2v) is 4.26. The van der Waals surface area contributed by atoms with Crippen LogP contribution in [0.25, 0.3) is 0 Å². The Bertz CT molecular complexity index is 268. The van der Waals surface area contributed by atoms with Crippen LogP contribution >= 0.6 is 0 Å². The number of hydrogen-bond acceptors (Lipinski definition) is 4. The van der Waals surface area contributed by atoms with E-state index in [1.165, 1.54) is 7.11 Å². The van der Waals surface area contributed by atoms with Gasteiger partial charge in [0.15, 0.2) is 0 Å². The highest BCUT2D eigenvalue weighted by molar-refractivity contribution is 5.85. The van der Waals surface area contributed by atoms with Gasteiger partial charge < -0.3 is 15.8 Å². The van der Waals surface area contributed by atoms with Crippen LogP contribution in [0.1, 0.15) is 32.6 Å². The minimum Gasteiger partial charge on any atom is -0.467 e. The normalized spacial score (nSPS) is 26.2. The van der Waals surface area contributed by atoms with Crippen molar-refractivity contribution in [3.8, 4) is 0 Å². The SMILES string of the molecule is CCC(NC(=O)C1CCC(N)C1)C(=O)OC. The average molecular weight is 228 g/mol.